The molecule has 2 aromatic rings. The van der Waals surface area contributed by atoms with Gasteiger partial charge in [0.25, 0.3) is 0 Å². The molecule has 2 aliphatic rings. The Hall–Kier alpha value is -2.20. The second-order valence-corrected chi connectivity index (χ2v) is 7.43. The fourth-order valence-corrected chi connectivity index (χ4v) is 4.32. The van der Waals surface area contributed by atoms with Gasteiger partial charge in [0, 0.05) is 42.8 Å². The van der Waals surface area contributed by atoms with Gasteiger partial charge in [-0.2, -0.15) is 0 Å². The molecule has 0 N–H and O–H groups in total. The van der Waals surface area contributed by atoms with Crippen LogP contribution in [0.25, 0.3) is 0 Å². The number of rotatable bonds is 4. The molecule has 0 spiro atoms. The van der Waals surface area contributed by atoms with Gasteiger partial charge in [-0.05, 0) is 50.1 Å². The highest BCUT2D eigenvalue weighted by Crippen LogP contribution is 2.28. The Morgan fingerprint density at radius 3 is 2.46 bits per heavy atom. The van der Waals surface area contributed by atoms with Gasteiger partial charge in [-0.15, -0.1) is 0 Å². The summed E-state index contributed by atoms with van der Waals surface area (Å²) in [5, 5.41) is 0. The lowest BCUT2D eigenvalue weighted by Crippen LogP contribution is -2.45. The molecule has 4 heteroatoms. The first-order valence-electron chi connectivity index (χ1n) is 9.54. The average Bonchev–Trinajstić information content (AvgIpc) is 3.19. The summed E-state index contributed by atoms with van der Waals surface area (Å²) in [7, 11) is 0. The molecule has 26 heavy (non-hydrogen) atoms. The Bertz CT molecular complexity index is 746. The molecule has 0 bridgehead atoms. The molecule has 2 aromatic carbocycles. The Labute approximate surface area is 154 Å². The molecule has 2 aliphatic heterocycles. The smallest absolute Gasteiger partial charge is 0.167 e. The van der Waals surface area contributed by atoms with E-state index in [0.717, 1.165) is 56.7 Å². The van der Waals surface area contributed by atoms with E-state index in [9.17, 15) is 9.18 Å². The Balaban J connectivity index is 1.39. The molecular formula is C22H25FN2O. The first kappa shape index (κ1) is 17.2. The van der Waals surface area contributed by atoms with Crippen molar-refractivity contribution < 1.29 is 9.18 Å². The molecular weight excluding hydrogens is 327 g/mol. The van der Waals surface area contributed by atoms with Gasteiger partial charge < -0.3 is 4.90 Å². The van der Waals surface area contributed by atoms with Crippen LogP contribution in [0.15, 0.2) is 54.6 Å². The van der Waals surface area contributed by atoms with Crippen LogP contribution in [0.2, 0.25) is 0 Å². The number of halogens is 1. The van der Waals surface area contributed by atoms with Gasteiger partial charge in [-0.3, -0.25) is 9.69 Å². The molecule has 3 nitrogen and oxygen atoms in total. The molecule has 136 valence electrons. The van der Waals surface area contributed by atoms with Gasteiger partial charge in [0.05, 0.1) is 0 Å². The number of Topliss-reactive ketones (excluding diaryl/α,β-unsaturated/α-hetero) is 1. The molecule has 0 aliphatic carbocycles. The number of carbonyl (C=O) groups excluding carboxylic acids is 1. The number of hydrogen-bond acceptors (Lipinski definition) is 3. The van der Waals surface area contributed by atoms with Crippen LogP contribution in [0.3, 0.4) is 0 Å². The standard InChI is InChI=1S/C22H25FN2O/c23-19-8-10-20(11-9-19)25-14-12-21(16-25)24-13-4-7-18(15-24)22(26)17-5-2-1-3-6-17/h1-3,5-6,8-11,18,21H,4,7,12-16H2/t18-,21+/m1/s1. The van der Waals surface area contributed by atoms with Crippen LogP contribution in [-0.2, 0) is 0 Å². The van der Waals surface area contributed by atoms with Crippen molar-refractivity contribution in [2.45, 2.75) is 25.3 Å². The van der Waals surface area contributed by atoms with Crippen molar-refractivity contribution in [1.29, 1.82) is 0 Å². The van der Waals surface area contributed by atoms with Crippen LogP contribution in [0.5, 0.6) is 0 Å². The number of ketones is 1. The zero-order valence-electron chi connectivity index (χ0n) is 15.0. The Morgan fingerprint density at radius 2 is 1.69 bits per heavy atom. The first-order chi connectivity index (χ1) is 12.7. The summed E-state index contributed by atoms with van der Waals surface area (Å²) in [6, 6.07) is 16.9. The Morgan fingerprint density at radius 1 is 0.923 bits per heavy atom. The lowest BCUT2D eigenvalue weighted by Gasteiger charge is -2.36. The quantitative estimate of drug-likeness (QED) is 0.777. The monoisotopic (exact) mass is 352 g/mol. The van der Waals surface area contributed by atoms with Gasteiger partial charge in [-0.25, -0.2) is 4.39 Å². The van der Waals surface area contributed by atoms with Gasteiger partial charge in [0.2, 0.25) is 0 Å². The predicted octanol–water partition coefficient (Wildman–Crippen LogP) is 4.00. The predicted molar refractivity (Wildman–Crippen MR) is 102 cm³/mol. The molecule has 2 atom stereocenters. The van der Waals surface area contributed by atoms with Crippen molar-refractivity contribution in [3.8, 4) is 0 Å². The zero-order chi connectivity index (χ0) is 17.9. The van der Waals surface area contributed by atoms with E-state index in [4.69, 9.17) is 0 Å². The zero-order valence-corrected chi connectivity index (χ0v) is 15.0. The molecule has 4 rings (SSSR count). The lowest BCUT2D eigenvalue weighted by molar-refractivity contribution is 0.0770. The van der Waals surface area contributed by atoms with Crippen molar-refractivity contribution in [2.24, 2.45) is 5.92 Å². The molecule has 0 radical (unpaired) electrons. The highest BCUT2D eigenvalue weighted by Gasteiger charge is 2.33. The van der Waals surface area contributed by atoms with Crippen molar-refractivity contribution in [3.05, 3.63) is 66.0 Å². The molecule has 0 unspecified atom stereocenters. The number of hydrogen-bond donors (Lipinski definition) is 0. The van der Waals surface area contributed by atoms with E-state index in [-0.39, 0.29) is 17.5 Å². The first-order valence-corrected chi connectivity index (χ1v) is 9.54. The molecule has 0 aromatic heterocycles. The number of anilines is 1. The van der Waals surface area contributed by atoms with Gasteiger partial charge >= 0.3 is 0 Å². The summed E-state index contributed by atoms with van der Waals surface area (Å²) >= 11 is 0. The summed E-state index contributed by atoms with van der Waals surface area (Å²) in [6.45, 7) is 3.87. The summed E-state index contributed by atoms with van der Waals surface area (Å²) in [4.78, 5) is 17.6. The molecule has 0 amide bonds. The van der Waals surface area contributed by atoms with E-state index in [0.29, 0.717) is 6.04 Å². The summed E-state index contributed by atoms with van der Waals surface area (Å²) in [6.07, 6.45) is 3.17. The van der Waals surface area contributed by atoms with Crippen LogP contribution in [0.1, 0.15) is 29.6 Å². The van der Waals surface area contributed by atoms with Crippen molar-refractivity contribution >= 4 is 11.5 Å². The largest absolute Gasteiger partial charge is 0.370 e. The highest BCUT2D eigenvalue weighted by atomic mass is 19.1. The number of piperidine rings is 1. The van der Waals surface area contributed by atoms with E-state index < -0.39 is 0 Å². The third kappa shape index (κ3) is 3.65. The number of likely N-dealkylation sites (tertiary alicyclic amines) is 1. The van der Waals surface area contributed by atoms with Gasteiger partial charge in [-0.1, -0.05) is 30.3 Å². The number of benzene rings is 2. The number of nitrogens with zero attached hydrogens (tertiary/aromatic N) is 2. The van der Waals surface area contributed by atoms with E-state index in [1.165, 1.54) is 12.1 Å². The Kier molecular flexibility index (Phi) is 5.02. The second-order valence-electron chi connectivity index (χ2n) is 7.43. The minimum Gasteiger partial charge on any atom is -0.370 e. The SMILES string of the molecule is O=C(c1ccccc1)[C@@H]1CCCN([C@H]2CCN(c3ccc(F)cc3)C2)C1. The third-order valence-corrected chi connectivity index (χ3v) is 5.75. The van der Waals surface area contributed by atoms with Crippen molar-refractivity contribution in [2.75, 3.05) is 31.1 Å². The number of carbonyl (C=O) groups is 1. The van der Waals surface area contributed by atoms with Gasteiger partial charge in [0.15, 0.2) is 5.78 Å². The van der Waals surface area contributed by atoms with Crippen LogP contribution in [0, 0.1) is 11.7 Å². The van der Waals surface area contributed by atoms with Gasteiger partial charge in [0.1, 0.15) is 5.82 Å². The maximum absolute atomic E-state index is 13.1. The van der Waals surface area contributed by atoms with Crippen LogP contribution in [0.4, 0.5) is 10.1 Å². The topological polar surface area (TPSA) is 23.6 Å². The molecule has 0 saturated carbocycles. The van der Waals surface area contributed by atoms with E-state index in [2.05, 4.69) is 9.80 Å². The lowest BCUT2D eigenvalue weighted by atomic mass is 9.89. The summed E-state index contributed by atoms with van der Waals surface area (Å²) in [5.41, 5.74) is 1.92. The highest BCUT2D eigenvalue weighted by molar-refractivity contribution is 5.98. The molecule has 2 fully saturated rings. The van der Waals surface area contributed by atoms with Crippen molar-refractivity contribution in [3.63, 3.8) is 0 Å². The maximum atomic E-state index is 13.1. The van der Waals surface area contributed by atoms with E-state index in [1.807, 2.05) is 42.5 Å². The van der Waals surface area contributed by atoms with E-state index >= 15 is 0 Å². The summed E-state index contributed by atoms with van der Waals surface area (Å²) in [5.74, 6) is 0.192. The fourth-order valence-electron chi connectivity index (χ4n) is 4.32. The summed E-state index contributed by atoms with van der Waals surface area (Å²) < 4.78 is 13.1. The molecule has 2 heterocycles. The van der Waals surface area contributed by atoms with Crippen LogP contribution >= 0.6 is 0 Å². The van der Waals surface area contributed by atoms with Crippen LogP contribution < -0.4 is 4.90 Å². The third-order valence-electron chi connectivity index (χ3n) is 5.75. The fraction of sp³-hybridized carbons (Fsp3) is 0.409. The minimum atomic E-state index is -0.192. The average molecular weight is 352 g/mol. The van der Waals surface area contributed by atoms with Crippen molar-refractivity contribution in [1.82, 2.24) is 4.90 Å². The maximum Gasteiger partial charge on any atom is 0.167 e. The van der Waals surface area contributed by atoms with Crippen LogP contribution in [-0.4, -0.2) is 42.9 Å². The second kappa shape index (κ2) is 7.58. The minimum absolute atomic E-state index is 0.103. The van der Waals surface area contributed by atoms with E-state index in [1.54, 1.807) is 0 Å². The molecule has 2 saturated heterocycles. The normalized spacial score (nSPS) is 24.0.